The average Bonchev–Trinajstić information content (AvgIpc) is 3.13. The molecule has 0 radical (unpaired) electrons. The van der Waals surface area contributed by atoms with Gasteiger partial charge in [0, 0.05) is 22.7 Å². The van der Waals surface area contributed by atoms with Gasteiger partial charge in [-0.25, -0.2) is 0 Å². The summed E-state index contributed by atoms with van der Waals surface area (Å²) >= 11 is 5.50. The number of hydrazone groups is 1. The summed E-state index contributed by atoms with van der Waals surface area (Å²) in [5.41, 5.74) is -7.05. The third kappa shape index (κ3) is 4.48. The Labute approximate surface area is 220 Å². The molecule has 1 unspecified atom stereocenters. The third-order valence-corrected chi connectivity index (χ3v) is 5.88. The van der Waals surface area contributed by atoms with Crippen LogP contribution in [-0.4, -0.2) is 75.1 Å². The quantitative estimate of drug-likeness (QED) is 0.300. The third-order valence-electron chi connectivity index (χ3n) is 5.63. The van der Waals surface area contributed by atoms with Gasteiger partial charge in [-0.1, -0.05) is 11.6 Å². The molecule has 1 aromatic rings. The number of amides is 1. The van der Waals surface area contributed by atoms with E-state index in [2.05, 4.69) is 5.10 Å². The van der Waals surface area contributed by atoms with Crippen molar-refractivity contribution in [2.45, 2.75) is 66.7 Å². The Kier molecular flexibility index (Phi) is 7.99. The Balaban J connectivity index is 2.70. The number of halogens is 18. The number of nitrogens with zero attached hydrogens (tertiary/aromatic N) is 2. The van der Waals surface area contributed by atoms with Gasteiger partial charge in [-0.05, 0) is 31.2 Å². The summed E-state index contributed by atoms with van der Waals surface area (Å²) in [5, 5.41) is 11.9. The van der Waals surface area contributed by atoms with Crippen molar-refractivity contribution < 1.29 is 84.5 Å². The van der Waals surface area contributed by atoms with Gasteiger partial charge in [0.15, 0.2) is 0 Å². The average molecular weight is 657 g/mol. The van der Waals surface area contributed by atoms with Gasteiger partial charge < -0.3 is 5.11 Å². The highest BCUT2D eigenvalue weighted by molar-refractivity contribution is 6.30. The first-order valence-corrected chi connectivity index (χ1v) is 10.4. The van der Waals surface area contributed by atoms with Crippen molar-refractivity contribution in [2.24, 2.45) is 5.10 Å². The van der Waals surface area contributed by atoms with Gasteiger partial charge in [0.05, 0.1) is 0 Å². The van der Waals surface area contributed by atoms with Gasteiger partial charge in [-0.15, -0.1) is 0 Å². The van der Waals surface area contributed by atoms with E-state index in [1.807, 2.05) is 0 Å². The lowest BCUT2D eigenvalue weighted by Gasteiger charge is -2.46. The second-order valence-corrected chi connectivity index (χ2v) is 8.91. The molecule has 2 rings (SSSR count). The molecule has 0 saturated heterocycles. The van der Waals surface area contributed by atoms with Crippen LogP contribution in [0.25, 0.3) is 0 Å². The van der Waals surface area contributed by atoms with Gasteiger partial charge >= 0.3 is 47.6 Å². The van der Waals surface area contributed by atoms with E-state index in [0.717, 1.165) is 12.1 Å². The summed E-state index contributed by atoms with van der Waals surface area (Å²) in [4.78, 5) is 12.5. The van der Waals surface area contributed by atoms with Crippen molar-refractivity contribution in [2.75, 3.05) is 0 Å². The molecule has 41 heavy (non-hydrogen) atoms. The summed E-state index contributed by atoms with van der Waals surface area (Å²) in [6, 6.07) is 3.00. The molecule has 234 valence electrons. The lowest BCUT2D eigenvalue weighted by atomic mass is 9.84. The number of carbonyl (C=O) groups excluding carboxylic acids is 1. The molecule has 0 aromatic heterocycles. The van der Waals surface area contributed by atoms with Crippen LogP contribution >= 0.6 is 11.6 Å². The first-order valence-electron chi connectivity index (χ1n) is 9.98. The number of carbonyl (C=O) groups is 1. The van der Waals surface area contributed by atoms with Crippen LogP contribution in [-0.2, 0) is 0 Å². The Morgan fingerprint density at radius 2 is 1.10 bits per heavy atom. The van der Waals surface area contributed by atoms with Crippen molar-refractivity contribution >= 4 is 23.2 Å². The van der Waals surface area contributed by atoms with Gasteiger partial charge in [-0.2, -0.15) is 84.7 Å². The smallest absolute Gasteiger partial charge is 0.364 e. The fourth-order valence-corrected chi connectivity index (χ4v) is 3.43. The lowest BCUT2D eigenvalue weighted by molar-refractivity contribution is -0.469. The molecule has 0 fully saturated rings. The van der Waals surface area contributed by atoms with Crippen molar-refractivity contribution in [3.8, 4) is 0 Å². The van der Waals surface area contributed by atoms with Gasteiger partial charge in [-0.3, -0.25) is 4.79 Å². The summed E-state index contributed by atoms with van der Waals surface area (Å²) in [6.45, 7) is 0.564. The summed E-state index contributed by atoms with van der Waals surface area (Å²) in [7, 11) is 0. The molecule has 0 bridgehead atoms. The largest absolute Gasteiger partial charge is 0.460 e. The maximum Gasteiger partial charge on any atom is 0.460 e. The van der Waals surface area contributed by atoms with Crippen LogP contribution in [0.1, 0.15) is 23.7 Å². The number of rotatable bonds is 8. The van der Waals surface area contributed by atoms with E-state index >= 15 is 0 Å². The first-order chi connectivity index (χ1) is 17.9. The molecular formula is C19H10ClF17N2O2. The van der Waals surface area contributed by atoms with E-state index in [1.165, 1.54) is 0 Å². The molecule has 1 aliphatic heterocycles. The Morgan fingerprint density at radius 3 is 1.49 bits per heavy atom. The Hall–Kier alpha value is -2.58. The summed E-state index contributed by atoms with van der Waals surface area (Å²) < 4.78 is 232. The Morgan fingerprint density at radius 1 is 0.732 bits per heavy atom. The minimum atomic E-state index is -8.83. The van der Waals surface area contributed by atoms with Crippen LogP contribution in [0.3, 0.4) is 0 Å². The normalized spacial score (nSPS) is 20.4. The summed E-state index contributed by atoms with van der Waals surface area (Å²) in [5.74, 6) is -60.9. The number of aliphatic hydroxyl groups is 1. The maximum atomic E-state index is 14.9. The van der Waals surface area contributed by atoms with Crippen molar-refractivity contribution in [3.05, 3.63) is 34.9 Å². The van der Waals surface area contributed by atoms with Crippen molar-refractivity contribution in [1.82, 2.24) is 5.01 Å². The van der Waals surface area contributed by atoms with Crippen LogP contribution in [0, 0.1) is 0 Å². The van der Waals surface area contributed by atoms with Gasteiger partial charge in [0.1, 0.15) is 0 Å². The molecule has 1 N–H and O–H groups in total. The van der Waals surface area contributed by atoms with Crippen LogP contribution in [0.2, 0.25) is 5.02 Å². The van der Waals surface area contributed by atoms with E-state index in [1.54, 1.807) is 0 Å². The zero-order chi connectivity index (χ0) is 32.6. The summed E-state index contributed by atoms with van der Waals surface area (Å²) in [6.07, 6.45) is -10.00. The molecule has 4 nitrogen and oxygen atoms in total. The number of hydrogen-bond donors (Lipinski definition) is 1. The fraction of sp³-hybridized carbons (Fsp3) is 0.579. The van der Waals surface area contributed by atoms with Crippen LogP contribution in [0.5, 0.6) is 0 Å². The van der Waals surface area contributed by atoms with E-state index in [4.69, 9.17) is 11.6 Å². The topological polar surface area (TPSA) is 52.9 Å². The molecule has 0 saturated carbocycles. The van der Waals surface area contributed by atoms with Gasteiger partial charge in [0.2, 0.25) is 5.72 Å². The van der Waals surface area contributed by atoms with E-state index in [-0.39, 0.29) is 5.02 Å². The molecule has 0 spiro atoms. The molecular weight excluding hydrogens is 647 g/mol. The standard InChI is InChI=1S/C19H10ClF17N2O2/c1-7-6-11(41,39(38-7)10(40)8-2-4-9(20)5-3-8)12(21,22)13(23,24)14(25,26)15(27,28)16(29,30)17(31,32)18(33,34)19(35,36)37/h2-5,41H,6H2,1H3. The predicted molar refractivity (Wildman–Crippen MR) is 101 cm³/mol. The molecule has 1 aromatic carbocycles. The minimum absolute atomic E-state index is 0.148. The van der Waals surface area contributed by atoms with E-state index in [9.17, 15) is 84.5 Å². The van der Waals surface area contributed by atoms with Crippen LogP contribution in [0.15, 0.2) is 29.4 Å². The highest BCUT2D eigenvalue weighted by Crippen LogP contribution is 2.65. The van der Waals surface area contributed by atoms with E-state index in [0.29, 0.717) is 19.1 Å². The molecule has 22 heteroatoms. The van der Waals surface area contributed by atoms with Crippen LogP contribution < -0.4 is 0 Å². The lowest BCUT2D eigenvalue weighted by Crippen LogP contribution is -2.77. The maximum absolute atomic E-state index is 14.9. The Bertz CT molecular complexity index is 1210. The highest BCUT2D eigenvalue weighted by atomic mass is 35.5. The molecule has 0 aliphatic carbocycles. The fourth-order valence-electron chi connectivity index (χ4n) is 3.31. The SMILES string of the molecule is CC1=NN(C(=O)c2ccc(Cl)cc2)C(O)(C(F)(F)C(F)(F)C(F)(F)C(F)(F)C(F)(F)C(F)(F)C(F)(F)C(F)(F)F)C1. The second kappa shape index (κ2) is 9.46. The van der Waals surface area contributed by atoms with Crippen molar-refractivity contribution in [1.29, 1.82) is 0 Å². The highest BCUT2D eigenvalue weighted by Gasteiger charge is 2.96. The van der Waals surface area contributed by atoms with Gasteiger partial charge in [0.25, 0.3) is 5.91 Å². The van der Waals surface area contributed by atoms with E-state index < -0.39 is 82.0 Å². The number of hydrogen-bond acceptors (Lipinski definition) is 3. The van der Waals surface area contributed by atoms with Crippen molar-refractivity contribution in [3.63, 3.8) is 0 Å². The first kappa shape index (κ1) is 34.6. The molecule has 1 atom stereocenters. The van der Waals surface area contributed by atoms with Crippen LogP contribution in [0.4, 0.5) is 74.6 Å². The number of alkyl halides is 17. The zero-order valence-corrected chi connectivity index (χ0v) is 19.8. The zero-order valence-electron chi connectivity index (χ0n) is 19.1. The number of benzene rings is 1. The molecule has 1 aliphatic rings. The predicted octanol–water partition coefficient (Wildman–Crippen LogP) is 7.26. The second-order valence-electron chi connectivity index (χ2n) is 8.47. The molecule has 1 amide bonds. The minimum Gasteiger partial charge on any atom is -0.364 e. The monoisotopic (exact) mass is 656 g/mol. The molecule has 1 heterocycles.